The van der Waals surface area contributed by atoms with Crippen molar-refractivity contribution in [1.82, 2.24) is 0 Å². The number of halogens is 9. The van der Waals surface area contributed by atoms with Crippen LogP contribution in [0.25, 0.3) is 22.3 Å². The van der Waals surface area contributed by atoms with E-state index in [2.05, 4.69) is 16.4 Å². The van der Waals surface area contributed by atoms with E-state index in [1.807, 2.05) is 6.07 Å². The minimum atomic E-state index is -4.69. The molecule has 5 rings (SSSR count). The van der Waals surface area contributed by atoms with Gasteiger partial charge in [-0.3, -0.25) is 0 Å². The lowest BCUT2D eigenvalue weighted by atomic mass is 9.77. The molecule has 1 aliphatic carbocycles. The molecule has 1 fully saturated rings. The highest BCUT2D eigenvalue weighted by atomic mass is 19.3. The van der Waals surface area contributed by atoms with E-state index in [9.17, 15) is 30.7 Å². The van der Waals surface area contributed by atoms with Crippen molar-refractivity contribution in [3.05, 3.63) is 107 Å². The highest BCUT2D eigenvalue weighted by Gasteiger charge is 2.41. The van der Waals surface area contributed by atoms with Crippen LogP contribution in [0.15, 0.2) is 66.7 Å². The summed E-state index contributed by atoms with van der Waals surface area (Å²) in [6, 6.07) is 10.8. The van der Waals surface area contributed by atoms with Gasteiger partial charge in [-0.25, -0.2) is 22.0 Å². The molecule has 2 nitrogen and oxygen atoms in total. The number of hydrogen-bond acceptors (Lipinski definition) is 2. The summed E-state index contributed by atoms with van der Waals surface area (Å²) < 4.78 is 137. The zero-order valence-corrected chi connectivity index (χ0v) is 26.0. The van der Waals surface area contributed by atoms with Gasteiger partial charge in [0.15, 0.2) is 11.6 Å². The van der Waals surface area contributed by atoms with Gasteiger partial charge in [-0.1, -0.05) is 56.9 Å². The van der Waals surface area contributed by atoms with E-state index in [0.29, 0.717) is 30.2 Å². The summed E-state index contributed by atoms with van der Waals surface area (Å²) >= 11 is 0. The molecule has 4 aromatic carbocycles. The zero-order valence-electron chi connectivity index (χ0n) is 26.0. The Labute approximate surface area is 272 Å². The van der Waals surface area contributed by atoms with Crippen LogP contribution in [0.4, 0.5) is 39.5 Å². The van der Waals surface area contributed by atoms with Crippen molar-refractivity contribution in [3.8, 4) is 33.8 Å². The van der Waals surface area contributed by atoms with Crippen LogP contribution < -0.4 is 9.47 Å². The van der Waals surface area contributed by atoms with E-state index in [1.54, 1.807) is 6.07 Å². The standard InChI is InChI=1S/C37H33F9O2/c1-2-3-4-5-21-6-8-22(9-7-21)23-10-13-27(29(38)16-23)24-11-14-28(30(39)17-24)25-18-32(41)35(33(42)19-25)37(45,46)48-26-12-15-34(31(40)20-26)47-36(43)44/h10-22,36H,2-9H2,1H3. The lowest BCUT2D eigenvalue weighted by Crippen LogP contribution is -2.25. The number of hydrogen-bond donors (Lipinski definition) is 0. The molecule has 4 aromatic rings. The zero-order chi connectivity index (χ0) is 34.6. The van der Waals surface area contributed by atoms with Crippen molar-refractivity contribution >= 4 is 0 Å². The Bertz CT molecular complexity index is 1710. The molecule has 0 spiro atoms. The summed E-state index contributed by atoms with van der Waals surface area (Å²) in [7, 11) is 0. The Morgan fingerprint density at radius 1 is 0.688 bits per heavy atom. The van der Waals surface area contributed by atoms with Crippen molar-refractivity contribution in [1.29, 1.82) is 0 Å². The van der Waals surface area contributed by atoms with Gasteiger partial charge >= 0.3 is 12.7 Å². The van der Waals surface area contributed by atoms with E-state index in [4.69, 9.17) is 0 Å². The second kappa shape index (κ2) is 15.0. The molecular weight excluding hydrogens is 647 g/mol. The SMILES string of the molecule is CCCCCC1CCC(c2ccc(-c3ccc(-c4cc(F)c(C(F)(F)Oc5ccc(OC(F)F)c(F)c5)c(F)c4)c(F)c3)c(F)c2)CC1. The van der Waals surface area contributed by atoms with Gasteiger partial charge in [0.2, 0.25) is 0 Å². The molecule has 0 unspecified atom stereocenters. The quantitative estimate of drug-likeness (QED) is 0.110. The second-order valence-electron chi connectivity index (χ2n) is 12.1. The van der Waals surface area contributed by atoms with Crippen LogP contribution in [0.2, 0.25) is 0 Å². The first-order chi connectivity index (χ1) is 22.9. The van der Waals surface area contributed by atoms with E-state index in [0.717, 1.165) is 43.4 Å². The van der Waals surface area contributed by atoms with Crippen LogP contribution in [0.1, 0.15) is 75.3 Å². The predicted octanol–water partition coefficient (Wildman–Crippen LogP) is 12.3. The summed E-state index contributed by atoms with van der Waals surface area (Å²) in [4.78, 5) is 0. The van der Waals surface area contributed by atoms with Crippen LogP contribution in [0.3, 0.4) is 0 Å². The van der Waals surface area contributed by atoms with Gasteiger partial charge in [-0.15, -0.1) is 0 Å². The maximum atomic E-state index is 15.3. The van der Waals surface area contributed by atoms with Gasteiger partial charge in [0.1, 0.15) is 34.6 Å². The molecular formula is C37H33F9O2. The Morgan fingerprint density at radius 2 is 1.31 bits per heavy atom. The first-order valence-electron chi connectivity index (χ1n) is 15.8. The number of benzene rings is 4. The number of rotatable bonds is 12. The van der Waals surface area contributed by atoms with Gasteiger partial charge in [0.25, 0.3) is 0 Å². The van der Waals surface area contributed by atoms with Gasteiger partial charge < -0.3 is 9.47 Å². The van der Waals surface area contributed by atoms with Gasteiger partial charge in [-0.2, -0.15) is 17.6 Å². The maximum absolute atomic E-state index is 15.3. The minimum Gasteiger partial charge on any atom is -0.432 e. The van der Waals surface area contributed by atoms with Crippen molar-refractivity contribution in [2.45, 2.75) is 76.9 Å². The van der Waals surface area contributed by atoms with E-state index < -0.39 is 64.4 Å². The molecule has 0 saturated heterocycles. The Hall–Kier alpha value is -4.15. The smallest absolute Gasteiger partial charge is 0.432 e. The minimum absolute atomic E-state index is 0.132. The average Bonchev–Trinajstić information content (AvgIpc) is 3.02. The first kappa shape index (κ1) is 35.2. The highest BCUT2D eigenvalue weighted by Crippen LogP contribution is 2.41. The summed E-state index contributed by atoms with van der Waals surface area (Å²) in [5.41, 5.74) is -1.41. The van der Waals surface area contributed by atoms with Crippen molar-refractivity contribution in [2.75, 3.05) is 0 Å². The molecule has 0 radical (unpaired) electrons. The van der Waals surface area contributed by atoms with Crippen LogP contribution in [0, 0.1) is 35.0 Å². The highest BCUT2D eigenvalue weighted by molar-refractivity contribution is 5.72. The third kappa shape index (κ3) is 8.10. The molecule has 11 heteroatoms. The Balaban J connectivity index is 1.30. The van der Waals surface area contributed by atoms with Crippen molar-refractivity contribution < 1.29 is 49.0 Å². The lowest BCUT2D eigenvalue weighted by molar-refractivity contribution is -0.189. The number of ether oxygens (including phenoxy) is 2. The molecule has 1 saturated carbocycles. The summed E-state index contributed by atoms with van der Waals surface area (Å²) in [5, 5.41) is 0. The first-order valence-corrected chi connectivity index (χ1v) is 15.8. The molecule has 0 heterocycles. The fourth-order valence-electron chi connectivity index (χ4n) is 6.35. The molecule has 0 bridgehead atoms. The average molecular weight is 681 g/mol. The van der Waals surface area contributed by atoms with Crippen LogP contribution in [-0.4, -0.2) is 6.61 Å². The molecule has 256 valence electrons. The molecule has 48 heavy (non-hydrogen) atoms. The van der Waals surface area contributed by atoms with Crippen molar-refractivity contribution in [2.24, 2.45) is 5.92 Å². The topological polar surface area (TPSA) is 18.5 Å². The Morgan fingerprint density at radius 3 is 1.92 bits per heavy atom. The predicted molar refractivity (Wildman–Crippen MR) is 164 cm³/mol. The molecule has 0 aromatic heterocycles. The molecule has 0 amide bonds. The van der Waals surface area contributed by atoms with Crippen LogP contribution in [0.5, 0.6) is 11.5 Å². The fraction of sp³-hybridized carbons (Fsp3) is 0.351. The largest absolute Gasteiger partial charge is 0.432 e. The molecule has 0 aliphatic heterocycles. The number of alkyl halides is 4. The van der Waals surface area contributed by atoms with Gasteiger partial charge in [-0.05, 0) is 90.6 Å². The van der Waals surface area contributed by atoms with E-state index in [-0.39, 0.29) is 28.7 Å². The summed E-state index contributed by atoms with van der Waals surface area (Å²) in [6.45, 7) is -1.21. The molecule has 1 aliphatic rings. The Kier molecular flexibility index (Phi) is 11.0. The number of unbranched alkanes of at least 4 members (excludes halogenated alkanes) is 2. The van der Waals surface area contributed by atoms with Gasteiger partial charge in [0, 0.05) is 17.2 Å². The normalized spacial score (nSPS) is 16.7. The van der Waals surface area contributed by atoms with Crippen LogP contribution >= 0.6 is 0 Å². The van der Waals surface area contributed by atoms with Crippen molar-refractivity contribution in [3.63, 3.8) is 0 Å². The lowest BCUT2D eigenvalue weighted by Gasteiger charge is -2.29. The van der Waals surface area contributed by atoms with E-state index in [1.165, 1.54) is 37.8 Å². The third-order valence-electron chi connectivity index (χ3n) is 8.82. The van der Waals surface area contributed by atoms with Crippen LogP contribution in [-0.2, 0) is 6.11 Å². The molecule has 0 atom stereocenters. The fourth-order valence-corrected chi connectivity index (χ4v) is 6.35. The maximum Gasteiger partial charge on any atom is 0.432 e. The third-order valence-corrected chi connectivity index (χ3v) is 8.82. The van der Waals surface area contributed by atoms with E-state index >= 15 is 8.78 Å². The second-order valence-corrected chi connectivity index (χ2v) is 12.1. The summed E-state index contributed by atoms with van der Waals surface area (Å²) in [5.74, 6) is -7.54. The van der Waals surface area contributed by atoms with Gasteiger partial charge in [0.05, 0.1) is 0 Å². The monoisotopic (exact) mass is 680 g/mol. The summed E-state index contributed by atoms with van der Waals surface area (Å²) in [6.07, 6.45) is 4.35. The molecule has 0 N–H and O–H groups in total.